The molecule has 2 rings (SSSR count). The first-order chi connectivity index (χ1) is 12.6. The lowest BCUT2D eigenvalue weighted by molar-refractivity contribution is -0.137. The maximum Gasteiger partial charge on any atom is 0.303 e. The minimum absolute atomic E-state index is 0.0443. The molecule has 0 spiro atoms. The number of hydrogen-bond acceptors (Lipinski definition) is 3. The Bertz CT molecular complexity index is 682. The molecule has 0 heterocycles. The lowest BCUT2D eigenvalue weighted by Crippen LogP contribution is -2.08. The summed E-state index contributed by atoms with van der Waals surface area (Å²) in [5.41, 5.74) is 2.04. The van der Waals surface area contributed by atoms with E-state index in [9.17, 15) is 9.90 Å². The molecule has 0 saturated carbocycles. The number of hydrogen-bond donors (Lipinski definition) is 1. The number of ether oxygens (including phenoxy) is 2. The molecule has 0 aromatic heterocycles. The van der Waals surface area contributed by atoms with Crippen molar-refractivity contribution in [2.45, 2.75) is 51.6 Å². The van der Waals surface area contributed by atoms with Crippen LogP contribution in [0.4, 0.5) is 0 Å². The van der Waals surface area contributed by atoms with Gasteiger partial charge in [-0.15, -0.1) is 0 Å². The predicted octanol–water partition coefficient (Wildman–Crippen LogP) is 5.41. The van der Waals surface area contributed by atoms with Crippen LogP contribution in [0.15, 0.2) is 48.5 Å². The van der Waals surface area contributed by atoms with Crippen LogP contribution in [0, 0.1) is 0 Å². The molecule has 0 bridgehead atoms. The fourth-order valence-electron chi connectivity index (χ4n) is 3.08. The SMILES string of the molecule is CCCCCC(CC(=O)O)c1ccc(OCc2ccccc2)cc1OC. The molecule has 2 aromatic rings. The van der Waals surface area contributed by atoms with Gasteiger partial charge in [0.25, 0.3) is 0 Å². The van der Waals surface area contributed by atoms with E-state index in [4.69, 9.17) is 9.47 Å². The summed E-state index contributed by atoms with van der Waals surface area (Å²) in [6, 6.07) is 15.7. The summed E-state index contributed by atoms with van der Waals surface area (Å²) < 4.78 is 11.4. The average Bonchev–Trinajstić information content (AvgIpc) is 2.66. The average molecular weight is 356 g/mol. The van der Waals surface area contributed by atoms with Crippen LogP contribution in [0.2, 0.25) is 0 Å². The first-order valence-electron chi connectivity index (χ1n) is 9.20. The molecule has 1 atom stereocenters. The van der Waals surface area contributed by atoms with Gasteiger partial charge in [0.1, 0.15) is 18.1 Å². The smallest absolute Gasteiger partial charge is 0.303 e. The molecule has 4 heteroatoms. The number of carboxylic acids is 1. The van der Waals surface area contributed by atoms with Crippen LogP contribution >= 0.6 is 0 Å². The number of aliphatic carboxylic acids is 1. The topological polar surface area (TPSA) is 55.8 Å². The highest BCUT2D eigenvalue weighted by Gasteiger charge is 2.20. The molecule has 0 aliphatic carbocycles. The second-order valence-electron chi connectivity index (χ2n) is 6.47. The third kappa shape index (κ3) is 6.10. The van der Waals surface area contributed by atoms with Crippen LogP contribution in [-0.4, -0.2) is 18.2 Å². The minimum atomic E-state index is -0.780. The molecular formula is C22H28O4. The van der Waals surface area contributed by atoms with Crippen molar-refractivity contribution < 1.29 is 19.4 Å². The van der Waals surface area contributed by atoms with Gasteiger partial charge in [-0.05, 0) is 29.5 Å². The van der Waals surface area contributed by atoms with Gasteiger partial charge in [-0.2, -0.15) is 0 Å². The zero-order valence-electron chi connectivity index (χ0n) is 15.6. The van der Waals surface area contributed by atoms with Gasteiger partial charge < -0.3 is 14.6 Å². The molecule has 0 saturated heterocycles. The van der Waals surface area contributed by atoms with E-state index in [1.807, 2.05) is 48.5 Å². The van der Waals surface area contributed by atoms with Gasteiger partial charge in [-0.1, -0.05) is 62.6 Å². The Balaban J connectivity index is 2.12. The third-order valence-electron chi connectivity index (χ3n) is 4.47. The quantitative estimate of drug-likeness (QED) is 0.547. The Hall–Kier alpha value is -2.49. The van der Waals surface area contributed by atoms with E-state index in [0.717, 1.165) is 42.6 Å². The third-order valence-corrected chi connectivity index (χ3v) is 4.47. The minimum Gasteiger partial charge on any atom is -0.496 e. The standard InChI is InChI=1S/C22H28O4/c1-3-4-6-11-18(14-22(23)24)20-13-12-19(15-21(20)25-2)26-16-17-9-7-5-8-10-17/h5,7-10,12-13,15,18H,3-4,6,11,14,16H2,1-2H3,(H,23,24). The molecular weight excluding hydrogens is 328 g/mol. The van der Waals surface area contributed by atoms with Gasteiger partial charge in [-0.25, -0.2) is 0 Å². The van der Waals surface area contributed by atoms with Crippen molar-refractivity contribution in [1.82, 2.24) is 0 Å². The van der Waals surface area contributed by atoms with E-state index in [1.54, 1.807) is 7.11 Å². The molecule has 2 aromatic carbocycles. The summed E-state index contributed by atoms with van der Waals surface area (Å²) in [5.74, 6) is 0.588. The summed E-state index contributed by atoms with van der Waals surface area (Å²) in [7, 11) is 1.61. The number of carbonyl (C=O) groups is 1. The van der Waals surface area contributed by atoms with Crippen molar-refractivity contribution in [2.75, 3.05) is 7.11 Å². The fraction of sp³-hybridized carbons (Fsp3) is 0.409. The lowest BCUT2D eigenvalue weighted by atomic mass is 9.89. The number of rotatable bonds is 11. The highest BCUT2D eigenvalue weighted by atomic mass is 16.5. The van der Waals surface area contributed by atoms with E-state index in [0.29, 0.717) is 12.4 Å². The fourth-order valence-corrected chi connectivity index (χ4v) is 3.08. The van der Waals surface area contributed by atoms with Gasteiger partial charge in [-0.3, -0.25) is 4.79 Å². The molecule has 1 unspecified atom stereocenters. The predicted molar refractivity (Wildman–Crippen MR) is 103 cm³/mol. The van der Waals surface area contributed by atoms with Gasteiger partial charge in [0, 0.05) is 6.07 Å². The van der Waals surface area contributed by atoms with Crippen molar-refractivity contribution in [3.8, 4) is 11.5 Å². The van der Waals surface area contributed by atoms with Crippen molar-refractivity contribution in [3.05, 3.63) is 59.7 Å². The van der Waals surface area contributed by atoms with Crippen LogP contribution in [0.25, 0.3) is 0 Å². The molecule has 140 valence electrons. The number of methoxy groups -OCH3 is 1. The monoisotopic (exact) mass is 356 g/mol. The van der Waals surface area contributed by atoms with E-state index in [2.05, 4.69) is 6.92 Å². The lowest BCUT2D eigenvalue weighted by Gasteiger charge is -2.19. The van der Waals surface area contributed by atoms with Crippen LogP contribution < -0.4 is 9.47 Å². The zero-order valence-corrected chi connectivity index (χ0v) is 15.6. The van der Waals surface area contributed by atoms with Gasteiger partial charge in [0.15, 0.2) is 0 Å². The molecule has 4 nitrogen and oxygen atoms in total. The highest BCUT2D eigenvalue weighted by molar-refractivity contribution is 5.68. The number of carboxylic acid groups (broad SMARTS) is 1. The van der Waals surface area contributed by atoms with Gasteiger partial charge in [0.2, 0.25) is 0 Å². The normalized spacial score (nSPS) is 11.8. The summed E-state index contributed by atoms with van der Waals surface area (Å²) in [4.78, 5) is 11.3. The Labute approximate surface area is 155 Å². The van der Waals surface area contributed by atoms with Crippen molar-refractivity contribution in [3.63, 3.8) is 0 Å². The molecule has 1 N–H and O–H groups in total. The molecule has 0 radical (unpaired) electrons. The summed E-state index contributed by atoms with van der Waals surface area (Å²) in [6.45, 7) is 2.63. The first kappa shape index (κ1) is 19.8. The zero-order chi connectivity index (χ0) is 18.8. The Morgan fingerprint density at radius 2 is 1.88 bits per heavy atom. The van der Waals surface area contributed by atoms with E-state index >= 15 is 0 Å². The summed E-state index contributed by atoms with van der Waals surface area (Å²) in [6.07, 6.45) is 4.20. The maximum absolute atomic E-state index is 11.3. The van der Waals surface area contributed by atoms with Crippen LogP contribution in [0.1, 0.15) is 56.1 Å². The Morgan fingerprint density at radius 1 is 1.12 bits per heavy atom. The van der Waals surface area contributed by atoms with Crippen LogP contribution in [-0.2, 0) is 11.4 Å². The van der Waals surface area contributed by atoms with E-state index in [1.165, 1.54) is 0 Å². The first-order valence-corrected chi connectivity index (χ1v) is 9.20. The number of benzene rings is 2. The van der Waals surface area contributed by atoms with Gasteiger partial charge in [0.05, 0.1) is 13.5 Å². The molecule has 0 fully saturated rings. The van der Waals surface area contributed by atoms with Crippen molar-refractivity contribution >= 4 is 5.97 Å². The highest BCUT2D eigenvalue weighted by Crippen LogP contribution is 2.35. The van der Waals surface area contributed by atoms with Crippen LogP contribution in [0.3, 0.4) is 0 Å². The van der Waals surface area contributed by atoms with Crippen molar-refractivity contribution in [1.29, 1.82) is 0 Å². The Morgan fingerprint density at radius 3 is 2.54 bits per heavy atom. The molecule has 0 aliphatic rings. The van der Waals surface area contributed by atoms with E-state index in [-0.39, 0.29) is 12.3 Å². The van der Waals surface area contributed by atoms with Crippen LogP contribution in [0.5, 0.6) is 11.5 Å². The second-order valence-corrected chi connectivity index (χ2v) is 6.47. The summed E-state index contributed by atoms with van der Waals surface area (Å²) in [5, 5.41) is 9.26. The molecule has 0 amide bonds. The van der Waals surface area contributed by atoms with Gasteiger partial charge >= 0.3 is 5.97 Å². The van der Waals surface area contributed by atoms with E-state index < -0.39 is 5.97 Å². The maximum atomic E-state index is 11.3. The second kappa shape index (κ2) is 10.5. The summed E-state index contributed by atoms with van der Waals surface area (Å²) >= 11 is 0. The Kier molecular flexibility index (Phi) is 8.00. The largest absolute Gasteiger partial charge is 0.496 e. The number of unbranched alkanes of at least 4 members (excludes halogenated alkanes) is 2. The molecule has 0 aliphatic heterocycles. The molecule has 26 heavy (non-hydrogen) atoms. The van der Waals surface area contributed by atoms with Crippen molar-refractivity contribution in [2.24, 2.45) is 0 Å².